The van der Waals surface area contributed by atoms with Gasteiger partial charge in [0, 0.05) is 25.5 Å². The van der Waals surface area contributed by atoms with Crippen molar-refractivity contribution in [2.24, 2.45) is 5.92 Å². The molecule has 0 saturated carbocycles. The number of unbranched alkanes of at least 4 members (excludes halogenated alkanes) is 16. The van der Waals surface area contributed by atoms with Crippen LogP contribution in [-0.4, -0.2) is 47.5 Å². The maximum atomic E-state index is 12.3. The minimum absolute atomic E-state index is 0.000473. The predicted octanol–water partition coefficient (Wildman–Crippen LogP) is 6.13. The molecule has 1 unspecified atom stereocenters. The second-order valence-corrected chi connectivity index (χ2v) is 11.2. The third-order valence-corrected chi connectivity index (χ3v) is 7.65. The van der Waals surface area contributed by atoms with Crippen LogP contribution in [0.15, 0.2) is 4.79 Å². The normalized spacial score (nSPS) is 13.3. The molecule has 0 aliphatic carbocycles. The smallest absolute Gasteiger partial charge is 0.305 e. The zero-order valence-electron chi connectivity index (χ0n) is 24.5. The number of aromatic amines is 1. The Labute approximate surface area is 235 Å². The summed E-state index contributed by atoms with van der Waals surface area (Å²) in [6, 6.07) is 0. The number of nitrogen functional groups attached to an aromatic ring is 1. The van der Waals surface area contributed by atoms with E-state index in [-0.39, 0.29) is 36.6 Å². The first-order valence-corrected chi connectivity index (χ1v) is 15.7. The lowest BCUT2D eigenvalue weighted by molar-refractivity contribution is -0.145. The van der Waals surface area contributed by atoms with Crippen molar-refractivity contribution in [1.29, 1.82) is 0 Å². The van der Waals surface area contributed by atoms with Crippen LogP contribution in [0.4, 0.5) is 17.5 Å². The van der Waals surface area contributed by atoms with Crippen molar-refractivity contribution in [3.8, 4) is 0 Å². The highest BCUT2D eigenvalue weighted by Gasteiger charge is 2.26. The molecule has 0 bridgehead atoms. The summed E-state index contributed by atoms with van der Waals surface area (Å²) in [7, 11) is 0. The average Bonchev–Trinajstić information content (AvgIpc) is 3.31. The van der Waals surface area contributed by atoms with Crippen LogP contribution in [0.25, 0.3) is 0 Å². The van der Waals surface area contributed by atoms with Crippen LogP contribution in [-0.2, 0) is 9.53 Å². The Morgan fingerprint density at radius 3 is 2.03 bits per heavy atom. The molecule has 9 nitrogen and oxygen atoms in total. The van der Waals surface area contributed by atoms with Crippen LogP contribution in [0, 0.1) is 5.92 Å². The molecule has 0 amide bonds. The van der Waals surface area contributed by atoms with Crippen molar-refractivity contribution in [2.75, 3.05) is 42.4 Å². The zero-order valence-corrected chi connectivity index (χ0v) is 24.5. The Bertz CT molecular complexity index is 847. The van der Waals surface area contributed by atoms with Crippen molar-refractivity contribution < 1.29 is 14.6 Å². The number of nitrogens with zero attached hydrogens (tertiary/aromatic N) is 2. The van der Waals surface area contributed by atoms with Gasteiger partial charge in [0.05, 0.1) is 13.3 Å². The van der Waals surface area contributed by atoms with Gasteiger partial charge in [0.1, 0.15) is 5.69 Å². The lowest BCUT2D eigenvalue weighted by Crippen LogP contribution is -2.33. The number of H-pyrrole nitrogens is 1. The topological polar surface area (TPSA) is 134 Å². The third-order valence-electron chi connectivity index (χ3n) is 7.65. The molecule has 1 aliphatic rings. The first-order chi connectivity index (χ1) is 19.0. The Morgan fingerprint density at radius 2 is 1.49 bits per heavy atom. The molecule has 1 aromatic heterocycles. The number of hydrogen-bond donors (Lipinski definition) is 4. The van der Waals surface area contributed by atoms with Gasteiger partial charge in [0.2, 0.25) is 5.95 Å². The average molecular weight is 550 g/mol. The Kier molecular flexibility index (Phi) is 17.4. The van der Waals surface area contributed by atoms with Gasteiger partial charge in [0.25, 0.3) is 5.56 Å². The molecule has 224 valence electrons. The van der Waals surface area contributed by atoms with Crippen molar-refractivity contribution in [2.45, 2.75) is 129 Å². The van der Waals surface area contributed by atoms with Gasteiger partial charge in [-0.3, -0.25) is 14.6 Å². The lowest BCUT2D eigenvalue weighted by Gasteiger charge is -2.23. The first kappa shape index (κ1) is 32.9. The van der Waals surface area contributed by atoms with Gasteiger partial charge in [0.15, 0.2) is 5.82 Å². The van der Waals surface area contributed by atoms with E-state index in [4.69, 9.17) is 10.5 Å². The minimum atomic E-state index is -0.306. The minimum Gasteiger partial charge on any atom is -0.465 e. The number of aromatic nitrogens is 2. The predicted molar refractivity (Wildman–Crippen MR) is 160 cm³/mol. The third kappa shape index (κ3) is 14.1. The van der Waals surface area contributed by atoms with Crippen LogP contribution >= 0.6 is 0 Å². The van der Waals surface area contributed by atoms with Crippen LogP contribution < -0.4 is 21.5 Å². The zero-order chi connectivity index (χ0) is 28.1. The lowest BCUT2D eigenvalue weighted by atomic mass is 10.0. The summed E-state index contributed by atoms with van der Waals surface area (Å²) in [5.41, 5.74) is 5.77. The standard InChI is InChI=1S/C30H55N5O4/c1-2-3-4-5-6-7-8-9-10-11-12-13-14-15-16-17-18-19-26(37)39-23-25(20-21-36)22-35-24-32-27-28(35)33-30(31)34-29(27)38/h25,32,36H,2-24H2,1H3,(H3,31,33,34,38). The number of rotatable bonds is 24. The Hall–Kier alpha value is -2.29. The highest BCUT2D eigenvalue weighted by molar-refractivity contribution is 5.71. The van der Waals surface area contributed by atoms with Gasteiger partial charge < -0.3 is 25.8 Å². The fourth-order valence-corrected chi connectivity index (χ4v) is 5.27. The molecule has 0 aromatic carbocycles. The van der Waals surface area contributed by atoms with Gasteiger partial charge in [-0.05, 0) is 12.8 Å². The van der Waals surface area contributed by atoms with E-state index in [1.165, 1.54) is 96.3 Å². The number of hydrogen-bond acceptors (Lipinski definition) is 8. The molecule has 0 saturated heterocycles. The van der Waals surface area contributed by atoms with Crippen molar-refractivity contribution in [1.82, 2.24) is 9.97 Å². The molecule has 0 spiro atoms. The van der Waals surface area contributed by atoms with Gasteiger partial charge in [-0.1, -0.05) is 110 Å². The number of nitrogens with two attached hydrogens (primary N) is 1. The number of nitrogens with one attached hydrogen (secondary N) is 2. The molecule has 9 heteroatoms. The molecule has 39 heavy (non-hydrogen) atoms. The molecule has 1 aromatic rings. The summed E-state index contributed by atoms with van der Waals surface area (Å²) in [4.78, 5) is 32.9. The van der Waals surface area contributed by atoms with Gasteiger partial charge in [-0.2, -0.15) is 4.98 Å². The molecule has 0 radical (unpaired) electrons. The number of ether oxygens (including phenoxy) is 1. The molecule has 0 fully saturated rings. The van der Waals surface area contributed by atoms with E-state index in [2.05, 4.69) is 22.2 Å². The summed E-state index contributed by atoms with van der Waals surface area (Å²) in [5.74, 6) is 0.308. The van der Waals surface area contributed by atoms with Crippen LogP contribution in [0.3, 0.4) is 0 Å². The molecule has 5 N–H and O–H groups in total. The summed E-state index contributed by atoms with van der Waals surface area (Å²) in [5, 5.41) is 12.5. The van der Waals surface area contributed by atoms with E-state index in [1.54, 1.807) is 0 Å². The summed E-state index contributed by atoms with van der Waals surface area (Å²) in [6.07, 6.45) is 23.3. The fraction of sp³-hybridized carbons (Fsp3) is 0.833. The van der Waals surface area contributed by atoms with E-state index in [1.807, 2.05) is 4.90 Å². The number of carbonyl (C=O) groups is 1. The molecule has 1 aliphatic heterocycles. The van der Waals surface area contributed by atoms with Crippen LogP contribution in [0.2, 0.25) is 0 Å². The van der Waals surface area contributed by atoms with E-state index >= 15 is 0 Å². The highest BCUT2D eigenvalue weighted by atomic mass is 16.5. The van der Waals surface area contributed by atoms with Crippen LogP contribution in [0.5, 0.6) is 0 Å². The van der Waals surface area contributed by atoms with Crippen molar-refractivity contribution >= 4 is 23.4 Å². The molecular weight excluding hydrogens is 494 g/mol. The number of fused-ring (bicyclic) bond motifs is 1. The maximum absolute atomic E-state index is 12.3. The summed E-state index contributed by atoms with van der Waals surface area (Å²) in [6.45, 7) is 3.44. The number of carbonyl (C=O) groups excluding carboxylic acids is 1. The van der Waals surface area contributed by atoms with E-state index in [0.29, 0.717) is 37.6 Å². The molecular formula is C30H55N5O4. The largest absolute Gasteiger partial charge is 0.465 e. The van der Waals surface area contributed by atoms with Gasteiger partial charge in [-0.15, -0.1) is 0 Å². The van der Waals surface area contributed by atoms with E-state index < -0.39 is 0 Å². The fourth-order valence-electron chi connectivity index (χ4n) is 5.27. The summed E-state index contributed by atoms with van der Waals surface area (Å²) < 4.78 is 5.52. The highest BCUT2D eigenvalue weighted by Crippen LogP contribution is 2.27. The second kappa shape index (κ2) is 20.6. The maximum Gasteiger partial charge on any atom is 0.305 e. The Morgan fingerprint density at radius 1 is 0.949 bits per heavy atom. The van der Waals surface area contributed by atoms with Crippen molar-refractivity contribution in [3.05, 3.63) is 10.4 Å². The van der Waals surface area contributed by atoms with Gasteiger partial charge >= 0.3 is 5.97 Å². The second-order valence-electron chi connectivity index (χ2n) is 11.2. The SMILES string of the molecule is CCCCCCCCCCCCCCCCCCCC(=O)OCC(CCO)CN1CNc2c1nc(N)[nH]c2=O. The molecule has 1 atom stereocenters. The number of esters is 1. The molecule has 2 rings (SSSR count). The molecule has 2 heterocycles. The monoisotopic (exact) mass is 549 g/mol. The summed E-state index contributed by atoms with van der Waals surface area (Å²) >= 11 is 0. The Balaban J connectivity index is 1.44. The van der Waals surface area contributed by atoms with E-state index in [0.717, 1.165) is 12.8 Å². The first-order valence-electron chi connectivity index (χ1n) is 15.7. The quantitative estimate of drug-likeness (QED) is 0.0894. The number of anilines is 3. The number of aliphatic hydroxyl groups is 1. The van der Waals surface area contributed by atoms with Gasteiger partial charge in [-0.25, -0.2) is 0 Å². The van der Waals surface area contributed by atoms with E-state index in [9.17, 15) is 14.7 Å². The van der Waals surface area contributed by atoms with Crippen LogP contribution in [0.1, 0.15) is 129 Å². The van der Waals surface area contributed by atoms with Crippen molar-refractivity contribution in [3.63, 3.8) is 0 Å². The number of aliphatic hydroxyl groups excluding tert-OH is 1.